The summed E-state index contributed by atoms with van der Waals surface area (Å²) < 4.78 is 10.9. The van der Waals surface area contributed by atoms with Crippen molar-refractivity contribution in [2.75, 3.05) is 25.6 Å². The lowest BCUT2D eigenvalue weighted by Gasteiger charge is -2.15. The summed E-state index contributed by atoms with van der Waals surface area (Å²) in [5.41, 5.74) is 0.937. The summed E-state index contributed by atoms with van der Waals surface area (Å²) in [6.07, 6.45) is 1.21. The molecule has 1 aromatic rings. The number of guanidine groups is 1. The van der Waals surface area contributed by atoms with Crippen molar-refractivity contribution in [2.24, 2.45) is 10.9 Å². The zero-order valence-corrected chi connectivity index (χ0v) is 16.0. The fraction of sp³-hybridized carbons (Fsp3) is 0.562. The minimum absolute atomic E-state index is 0. The Morgan fingerprint density at radius 1 is 1.32 bits per heavy atom. The molecule has 22 heavy (non-hydrogen) atoms. The van der Waals surface area contributed by atoms with E-state index >= 15 is 0 Å². The Morgan fingerprint density at radius 2 is 2.05 bits per heavy atom. The molecule has 1 aliphatic rings. The number of benzene rings is 1. The van der Waals surface area contributed by atoms with Crippen LogP contribution in [-0.4, -0.2) is 32.3 Å². The van der Waals surface area contributed by atoms with Gasteiger partial charge in [0.25, 0.3) is 0 Å². The van der Waals surface area contributed by atoms with E-state index in [2.05, 4.69) is 22.5 Å². The number of hydrogen-bond donors (Lipinski definition) is 2. The van der Waals surface area contributed by atoms with Gasteiger partial charge in [-0.2, -0.15) is 0 Å². The number of nitrogens with zero attached hydrogens (tertiary/aromatic N) is 1. The third-order valence-electron chi connectivity index (χ3n) is 3.47. The SMILES string of the molecule is CCN=C(Nc1ccc(OC)c(OCC)c1)NC1CC1C.I. The van der Waals surface area contributed by atoms with E-state index in [9.17, 15) is 0 Å². The monoisotopic (exact) mass is 419 g/mol. The Kier molecular flexibility index (Phi) is 7.78. The highest BCUT2D eigenvalue weighted by Gasteiger charge is 2.33. The highest BCUT2D eigenvalue weighted by atomic mass is 127. The summed E-state index contributed by atoms with van der Waals surface area (Å²) in [5, 5.41) is 6.76. The van der Waals surface area contributed by atoms with Crippen molar-refractivity contribution in [1.29, 1.82) is 0 Å². The van der Waals surface area contributed by atoms with Crippen LogP contribution in [0.5, 0.6) is 11.5 Å². The van der Waals surface area contributed by atoms with Gasteiger partial charge in [-0.05, 0) is 38.3 Å². The standard InChI is InChI=1S/C16H25N3O2.HI/c1-5-17-16(19-13-9-11(13)3)18-12-7-8-14(20-4)15(10-12)21-6-2;/h7-8,10-11,13H,5-6,9H2,1-4H3,(H2,17,18,19);1H. The van der Waals surface area contributed by atoms with Gasteiger partial charge in [0.1, 0.15) is 0 Å². The second-order valence-electron chi connectivity index (χ2n) is 5.21. The Balaban J connectivity index is 0.00000242. The van der Waals surface area contributed by atoms with Crippen molar-refractivity contribution in [3.63, 3.8) is 0 Å². The normalized spacial score (nSPS) is 19.9. The first-order chi connectivity index (χ1) is 10.2. The van der Waals surface area contributed by atoms with Crippen molar-refractivity contribution in [2.45, 2.75) is 33.2 Å². The van der Waals surface area contributed by atoms with Crippen molar-refractivity contribution in [3.05, 3.63) is 18.2 Å². The molecule has 124 valence electrons. The quantitative estimate of drug-likeness (QED) is 0.421. The zero-order valence-electron chi connectivity index (χ0n) is 13.7. The van der Waals surface area contributed by atoms with E-state index in [1.165, 1.54) is 6.42 Å². The minimum atomic E-state index is 0. The van der Waals surface area contributed by atoms with E-state index in [-0.39, 0.29) is 24.0 Å². The van der Waals surface area contributed by atoms with Gasteiger partial charge in [0, 0.05) is 24.3 Å². The molecule has 1 fully saturated rings. The van der Waals surface area contributed by atoms with Crippen molar-refractivity contribution in [1.82, 2.24) is 5.32 Å². The molecule has 1 saturated carbocycles. The van der Waals surface area contributed by atoms with Gasteiger partial charge in [0.2, 0.25) is 0 Å². The first-order valence-electron chi connectivity index (χ1n) is 7.56. The van der Waals surface area contributed by atoms with Crippen LogP contribution in [0.25, 0.3) is 0 Å². The number of aliphatic imine (C=N–C) groups is 1. The van der Waals surface area contributed by atoms with E-state index in [1.54, 1.807) is 7.11 Å². The molecule has 0 radical (unpaired) electrons. The number of halogens is 1. The number of methoxy groups -OCH3 is 1. The van der Waals surface area contributed by atoms with Crippen LogP contribution in [0.1, 0.15) is 27.2 Å². The first kappa shape index (κ1) is 18.9. The summed E-state index contributed by atoms with van der Waals surface area (Å²) in [4.78, 5) is 4.47. The molecule has 5 nitrogen and oxygen atoms in total. The lowest BCUT2D eigenvalue weighted by atomic mass is 10.2. The van der Waals surface area contributed by atoms with Crippen molar-refractivity contribution < 1.29 is 9.47 Å². The maximum absolute atomic E-state index is 5.60. The molecular formula is C16H26IN3O2. The average Bonchev–Trinajstić information content (AvgIpc) is 3.15. The molecule has 0 amide bonds. The Bertz CT molecular complexity index is 508. The average molecular weight is 419 g/mol. The van der Waals surface area contributed by atoms with Gasteiger partial charge in [0.15, 0.2) is 17.5 Å². The molecule has 0 aromatic heterocycles. The van der Waals surface area contributed by atoms with E-state index in [4.69, 9.17) is 9.47 Å². The summed E-state index contributed by atoms with van der Waals surface area (Å²) in [6, 6.07) is 6.33. The second-order valence-corrected chi connectivity index (χ2v) is 5.21. The maximum Gasteiger partial charge on any atom is 0.196 e. The Morgan fingerprint density at radius 3 is 2.59 bits per heavy atom. The highest BCUT2D eigenvalue weighted by Crippen LogP contribution is 2.31. The molecule has 0 saturated heterocycles. The molecule has 0 spiro atoms. The molecule has 2 unspecified atom stereocenters. The number of hydrogen-bond acceptors (Lipinski definition) is 3. The van der Waals surface area contributed by atoms with E-state index in [0.29, 0.717) is 12.6 Å². The third kappa shape index (κ3) is 5.23. The fourth-order valence-electron chi connectivity index (χ4n) is 2.14. The smallest absolute Gasteiger partial charge is 0.196 e. The van der Waals surface area contributed by atoms with Gasteiger partial charge in [-0.3, -0.25) is 4.99 Å². The lowest BCUT2D eigenvalue weighted by Crippen LogP contribution is -2.33. The summed E-state index contributed by atoms with van der Waals surface area (Å²) in [6.45, 7) is 7.57. The van der Waals surface area contributed by atoms with Crippen LogP contribution in [0.3, 0.4) is 0 Å². The Hall–Kier alpha value is -1.18. The minimum Gasteiger partial charge on any atom is -0.493 e. The van der Waals surface area contributed by atoms with E-state index in [1.807, 2.05) is 32.0 Å². The summed E-state index contributed by atoms with van der Waals surface area (Å²) in [7, 11) is 1.64. The number of anilines is 1. The van der Waals surface area contributed by atoms with Crippen LogP contribution in [0.4, 0.5) is 5.69 Å². The van der Waals surface area contributed by atoms with Crippen molar-refractivity contribution >= 4 is 35.6 Å². The fourth-order valence-corrected chi connectivity index (χ4v) is 2.14. The number of ether oxygens (including phenoxy) is 2. The van der Waals surface area contributed by atoms with Gasteiger partial charge >= 0.3 is 0 Å². The zero-order chi connectivity index (χ0) is 15.2. The number of nitrogens with one attached hydrogen (secondary N) is 2. The molecule has 2 atom stereocenters. The van der Waals surface area contributed by atoms with Crippen molar-refractivity contribution in [3.8, 4) is 11.5 Å². The van der Waals surface area contributed by atoms with Crippen LogP contribution >= 0.6 is 24.0 Å². The predicted octanol–water partition coefficient (Wildman–Crippen LogP) is 3.50. The third-order valence-corrected chi connectivity index (χ3v) is 3.47. The second kappa shape index (κ2) is 9.07. The van der Waals surface area contributed by atoms with E-state index < -0.39 is 0 Å². The molecule has 1 aliphatic carbocycles. The molecule has 2 N–H and O–H groups in total. The van der Waals surface area contributed by atoms with Crippen LogP contribution in [-0.2, 0) is 0 Å². The summed E-state index contributed by atoms with van der Waals surface area (Å²) >= 11 is 0. The van der Waals surface area contributed by atoms with Gasteiger partial charge < -0.3 is 20.1 Å². The first-order valence-corrected chi connectivity index (χ1v) is 7.56. The van der Waals surface area contributed by atoms with Gasteiger partial charge in [-0.15, -0.1) is 24.0 Å². The van der Waals surface area contributed by atoms with Gasteiger partial charge in [-0.25, -0.2) is 0 Å². The molecule has 6 heteroatoms. The van der Waals surface area contributed by atoms with Crippen LogP contribution < -0.4 is 20.1 Å². The van der Waals surface area contributed by atoms with Gasteiger partial charge in [-0.1, -0.05) is 6.92 Å². The lowest BCUT2D eigenvalue weighted by molar-refractivity contribution is 0.311. The van der Waals surface area contributed by atoms with Crippen LogP contribution in [0, 0.1) is 5.92 Å². The maximum atomic E-state index is 5.60. The molecule has 1 aromatic carbocycles. The van der Waals surface area contributed by atoms with Crippen LogP contribution in [0.2, 0.25) is 0 Å². The molecule has 0 aliphatic heterocycles. The predicted molar refractivity (Wildman–Crippen MR) is 102 cm³/mol. The van der Waals surface area contributed by atoms with E-state index in [0.717, 1.165) is 35.6 Å². The number of rotatable bonds is 6. The molecular weight excluding hydrogens is 393 g/mol. The van der Waals surface area contributed by atoms with Crippen LogP contribution in [0.15, 0.2) is 23.2 Å². The topological polar surface area (TPSA) is 54.9 Å². The Labute approximate surface area is 149 Å². The molecule has 0 bridgehead atoms. The summed E-state index contributed by atoms with van der Waals surface area (Å²) in [5.74, 6) is 3.02. The largest absolute Gasteiger partial charge is 0.493 e. The molecule has 2 rings (SSSR count). The highest BCUT2D eigenvalue weighted by molar-refractivity contribution is 14.0. The molecule has 0 heterocycles. The van der Waals surface area contributed by atoms with Gasteiger partial charge in [0.05, 0.1) is 13.7 Å².